The van der Waals surface area contributed by atoms with Gasteiger partial charge in [0.05, 0.1) is 46.4 Å². The molecule has 3 saturated heterocycles. The average Bonchev–Trinajstić information content (AvgIpc) is 2.81. The van der Waals surface area contributed by atoms with Gasteiger partial charge >= 0.3 is 6.01 Å². The van der Waals surface area contributed by atoms with Crippen LogP contribution < -0.4 is 25.6 Å². The number of carbonyl (C=O) groups excluding carboxylic acids is 4. The first kappa shape index (κ1) is 59.6. The quantitative estimate of drug-likeness (QED) is 0.0465. The molecule has 0 radical (unpaired) electrons. The maximum atomic E-state index is 17.1. The summed E-state index contributed by atoms with van der Waals surface area (Å²) < 4.78 is 44.3. The number of likely N-dealkylation sites (N-methyl/N-ethyl adjacent to an activating group) is 1. The fourth-order valence-electron chi connectivity index (χ4n) is 11.5. The van der Waals surface area contributed by atoms with Crippen LogP contribution in [-0.4, -0.2) is 158 Å². The van der Waals surface area contributed by atoms with Gasteiger partial charge in [-0.15, -0.1) is 11.3 Å². The SMILES string of the molecule is CCc1c(F)ccc2cc(O)cc(-c3ncc4c(N5CCC[C@@](C)(O)C5)nc(OC[C@@H]5C[C@@H](NC(=O)CCOCCC(=O)N[C@H](C(=O)N6C[C@H](O)C[C@H]6C(=O)NCc6ccc(-c7scnc7C)cc6C)C(C)(C)C)CN5C)nc4c3F)c12. The fraction of sp³-hybridized carbons (Fsp3) is 0.500. The number of benzene rings is 3. The number of halogens is 2. The van der Waals surface area contributed by atoms with Gasteiger partial charge in [-0.3, -0.25) is 29.1 Å². The molecular formula is C60H74F2N10O9S. The number of thiazole rings is 1. The van der Waals surface area contributed by atoms with Crippen molar-refractivity contribution < 1.29 is 52.8 Å². The number of phenols is 1. The summed E-state index contributed by atoms with van der Waals surface area (Å²) in [6.45, 7) is 14.4. The van der Waals surface area contributed by atoms with Gasteiger partial charge in [0.1, 0.15) is 47.3 Å². The highest BCUT2D eigenvalue weighted by Gasteiger charge is 2.45. The number of rotatable bonds is 19. The number of pyridine rings is 1. The molecule has 3 aromatic carbocycles. The zero-order valence-corrected chi connectivity index (χ0v) is 48.6. The number of carbonyl (C=O) groups is 4. The Morgan fingerprint density at radius 2 is 1.76 bits per heavy atom. The first-order chi connectivity index (χ1) is 39.0. The lowest BCUT2D eigenvalue weighted by atomic mass is 9.85. The van der Waals surface area contributed by atoms with E-state index in [0.717, 1.165) is 27.3 Å². The molecule has 6 heterocycles. The first-order valence-corrected chi connectivity index (χ1v) is 28.9. The number of β-amino-alcohol motifs (C(OH)–C–C–N with tert-alkyl or cyclic N) is 2. The van der Waals surface area contributed by atoms with E-state index in [4.69, 9.17) is 14.5 Å². The van der Waals surface area contributed by atoms with E-state index in [1.807, 2.05) is 69.1 Å². The normalized spacial score (nSPS) is 20.8. The van der Waals surface area contributed by atoms with Crippen molar-refractivity contribution in [2.45, 2.75) is 136 Å². The molecule has 0 spiro atoms. The molecule has 3 fully saturated rings. The Bertz CT molecular complexity index is 3370. The van der Waals surface area contributed by atoms with Gasteiger partial charge in [-0.1, -0.05) is 52.0 Å². The van der Waals surface area contributed by atoms with Crippen molar-refractivity contribution in [3.63, 3.8) is 0 Å². The number of likely N-dealkylation sites (tertiary alicyclic amines) is 2. The molecule has 0 unspecified atom stereocenters. The number of aromatic hydroxyl groups is 1. The van der Waals surface area contributed by atoms with Crippen LogP contribution in [0.25, 0.3) is 43.4 Å². The third kappa shape index (κ3) is 13.4. The smallest absolute Gasteiger partial charge is 0.319 e. The third-order valence-corrected chi connectivity index (χ3v) is 16.8. The number of amides is 4. The van der Waals surface area contributed by atoms with Crippen molar-refractivity contribution in [1.29, 1.82) is 0 Å². The predicted octanol–water partition coefficient (Wildman–Crippen LogP) is 6.66. The van der Waals surface area contributed by atoms with Gasteiger partial charge in [0.2, 0.25) is 23.6 Å². The topological polar surface area (TPSA) is 245 Å². The van der Waals surface area contributed by atoms with Gasteiger partial charge in [-0.05, 0) is 110 Å². The standard InChI is InChI=1S/C60H74F2N10O9S/c1-9-42-45(61)14-13-35-22-40(73)24-43(49(35)42)51-50(62)52-44(27-63-51)55(71-18-10-17-60(7,79)31-71)69-58(68-52)81-30-39-23-38(28-70(39)8)66-47(75)15-19-80-20-16-48(76)67-54(59(4,5)6)57(78)72-29-41(74)25-46(72)56(77)64-26-37-12-11-36(21-33(37)2)53-34(3)65-32-82-53/h11-14,21-22,24,27,32,38-39,41,46,54,73-74,79H,9-10,15-20,23,25-26,28-31H2,1-8H3,(H,64,77)(H,66,75)(H,67,76)/t38-,39+,41-,46+,54-,60-/m1/s1. The van der Waals surface area contributed by atoms with Gasteiger partial charge in [-0.2, -0.15) is 9.97 Å². The summed E-state index contributed by atoms with van der Waals surface area (Å²) in [6.07, 6.45) is 2.58. The maximum Gasteiger partial charge on any atom is 0.319 e. The number of aliphatic hydroxyl groups is 2. The van der Waals surface area contributed by atoms with Crippen molar-refractivity contribution in [3.8, 4) is 33.5 Å². The van der Waals surface area contributed by atoms with E-state index in [2.05, 4.69) is 37.0 Å². The number of phenolic OH excluding ortho intramolecular Hbond substituents is 1. The van der Waals surface area contributed by atoms with E-state index >= 15 is 8.78 Å². The molecule has 0 aliphatic carbocycles. The van der Waals surface area contributed by atoms with E-state index < -0.39 is 58.6 Å². The highest BCUT2D eigenvalue weighted by molar-refractivity contribution is 7.13. The Labute approximate surface area is 479 Å². The van der Waals surface area contributed by atoms with E-state index in [0.29, 0.717) is 60.9 Å². The summed E-state index contributed by atoms with van der Waals surface area (Å²) in [6, 6.07) is 9.25. The highest BCUT2D eigenvalue weighted by Crippen LogP contribution is 2.40. The third-order valence-electron chi connectivity index (χ3n) is 15.9. The van der Waals surface area contributed by atoms with Gasteiger partial charge in [0.25, 0.3) is 0 Å². The van der Waals surface area contributed by atoms with Crippen LogP contribution in [0.1, 0.15) is 95.5 Å². The number of hydrogen-bond acceptors (Lipinski definition) is 16. The number of aliphatic hydroxyl groups excluding tert-OH is 1. The molecule has 82 heavy (non-hydrogen) atoms. The van der Waals surface area contributed by atoms with Gasteiger partial charge in [0.15, 0.2) is 5.82 Å². The second-order valence-corrected chi connectivity index (χ2v) is 24.3. The second kappa shape index (κ2) is 24.9. The fourth-order valence-corrected chi connectivity index (χ4v) is 12.3. The molecular weight excluding hydrogens is 1070 g/mol. The minimum Gasteiger partial charge on any atom is -0.508 e. The Kier molecular flexibility index (Phi) is 18.1. The van der Waals surface area contributed by atoms with Crippen LogP contribution in [0.15, 0.2) is 54.2 Å². The van der Waals surface area contributed by atoms with Crippen molar-refractivity contribution in [2.24, 2.45) is 5.41 Å². The monoisotopic (exact) mass is 1150 g/mol. The number of aryl methyl sites for hydroxylation is 3. The number of anilines is 1. The van der Waals surface area contributed by atoms with Gasteiger partial charge in [0, 0.05) is 75.8 Å². The van der Waals surface area contributed by atoms with Crippen LogP contribution in [0.4, 0.5) is 14.6 Å². The van der Waals surface area contributed by atoms with Gasteiger partial charge < -0.3 is 50.5 Å². The average molecular weight is 1150 g/mol. The Hall–Kier alpha value is -6.98. The number of hydrogen-bond donors (Lipinski definition) is 6. The molecule has 6 atom stereocenters. The van der Waals surface area contributed by atoms with Crippen LogP contribution in [0.3, 0.4) is 0 Å². The Balaban J connectivity index is 0.766. The van der Waals surface area contributed by atoms with Crippen LogP contribution in [0.2, 0.25) is 0 Å². The second-order valence-electron chi connectivity index (χ2n) is 23.4. The molecule has 6 N–H and O–H groups in total. The molecule has 0 saturated carbocycles. The largest absolute Gasteiger partial charge is 0.508 e. The Morgan fingerprint density at radius 1 is 0.988 bits per heavy atom. The zero-order valence-electron chi connectivity index (χ0n) is 47.8. The molecule has 3 aromatic heterocycles. The lowest BCUT2D eigenvalue weighted by Gasteiger charge is -2.37. The van der Waals surface area contributed by atoms with E-state index in [-0.39, 0.29) is 111 Å². The van der Waals surface area contributed by atoms with Crippen LogP contribution in [-0.2, 0) is 36.9 Å². The molecule has 9 rings (SSSR count). The van der Waals surface area contributed by atoms with E-state index in [9.17, 15) is 34.5 Å². The number of aromatic nitrogens is 4. The lowest BCUT2D eigenvalue weighted by Crippen LogP contribution is -2.57. The first-order valence-electron chi connectivity index (χ1n) is 28.0. The molecule has 19 nitrogen and oxygen atoms in total. The van der Waals surface area contributed by atoms with Crippen LogP contribution >= 0.6 is 11.3 Å². The number of nitrogens with one attached hydrogen (secondary N) is 3. The van der Waals surface area contributed by atoms with Crippen molar-refractivity contribution >= 4 is 62.5 Å². The minimum atomic E-state index is -1.04. The number of fused-ring (bicyclic) bond motifs is 2. The number of ether oxygens (including phenoxy) is 2. The zero-order chi connectivity index (χ0) is 58.8. The van der Waals surface area contributed by atoms with Crippen LogP contribution in [0, 0.1) is 30.9 Å². The molecule has 3 aliphatic heterocycles. The number of nitrogens with zero attached hydrogens (tertiary/aromatic N) is 7. The molecule has 22 heteroatoms. The summed E-state index contributed by atoms with van der Waals surface area (Å²) in [4.78, 5) is 78.8. The lowest BCUT2D eigenvalue weighted by molar-refractivity contribution is -0.144. The van der Waals surface area contributed by atoms with Crippen LogP contribution in [0.5, 0.6) is 11.8 Å². The molecule has 3 aliphatic rings. The van der Waals surface area contributed by atoms with E-state index in [1.165, 1.54) is 35.4 Å². The Morgan fingerprint density at radius 3 is 2.46 bits per heavy atom. The summed E-state index contributed by atoms with van der Waals surface area (Å²) in [5.74, 6) is -2.66. The molecule has 4 amide bonds. The maximum absolute atomic E-state index is 17.1. The molecule has 6 aromatic rings. The summed E-state index contributed by atoms with van der Waals surface area (Å²) >= 11 is 1.56. The van der Waals surface area contributed by atoms with Crippen molar-refractivity contribution in [1.82, 2.24) is 45.7 Å². The van der Waals surface area contributed by atoms with Gasteiger partial charge in [-0.25, -0.2) is 13.8 Å². The number of piperidine rings is 1. The highest BCUT2D eigenvalue weighted by atomic mass is 32.1. The summed E-state index contributed by atoms with van der Waals surface area (Å²) in [5, 5.41) is 42.6. The van der Waals surface area contributed by atoms with Crippen molar-refractivity contribution in [2.75, 3.05) is 57.9 Å². The predicted molar refractivity (Wildman–Crippen MR) is 308 cm³/mol. The minimum absolute atomic E-state index is 0.0166. The van der Waals surface area contributed by atoms with E-state index in [1.54, 1.807) is 25.2 Å². The molecule has 0 bridgehead atoms. The summed E-state index contributed by atoms with van der Waals surface area (Å²) in [7, 11) is 1.90. The summed E-state index contributed by atoms with van der Waals surface area (Å²) in [5.41, 5.74) is 4.24. The molecule has 438 valence electrons. The van der Waals surface area contributed by atoms with Crippen molar-refractivity contribution in [3.05, 3.63) is 88.2 Å².